The molecule has 8 heteroatoms. The summed E-state index contributed by atoms with van der Waals surface area (Å²) in [6.07, 6.45) is 2.48. The first kappa shape index (κ1) is 16.5. The number of carbonyl (C=O) groups is 1. The number of hydrogen-bond donors (Lipinski definition) is 2. The molecule has 0 unspecified atom stereocenters. The molecule has 0 radical (unpaired) electrons. The predicted molar refractivity (Wildman–Crippen MR) is 81.0 cm³/mol. The molecule has 0 bridgehead atoms. The molecule has 6 nitrogen and oxygen atoms in total. The highest BCUT2D eigenvalue weighted by atomic mass is 19.1. The number of aromatic nitrogens is 3. The maximum Gasteiger partial charge on any atom is 0.224 e. The summed E-state index contributed by atoms with van der Waals surface area (Å²) in [5.74, 6) is -0.801. The highest BCUT2D eigenvalue weighted by molar-refractivity contribution is 5.78. The summed E-state index contributed by atoms with van der Waals surface area (Å²) in [6, 6.07) is 2.16. The Morgan fingerprint density at radius 2 is 2.21 bits per heavy atom. The van der Waals surface area contributed by atoms with E-state index in [-0.39, 0.29) is 35.7 Å². The van der Waals surface area contributed by atoms with E-state index in [1.165, 1.54) is 13.3 Å². The fraction of sp³-hybridized carbons (Fsp3) is 0.438. The van der Waals surface area contributed by atoms with Gasteiger partial charge in [0.25, 0.3) is 0 Å². The van der Waals surface area contributed by atoms with E-state index in [0.717, 1.165) is 25.0 Å². The third-order valence-corrected chi connectivity index (χ3v) is 4.05. The van der Waals surface area contributed by atoms with Crippen LogP contribution in [0.3, 0.4) is 0 Å². The molecule has 0 aliphatic carbocycles. The zero-order valence-electron chi connectivity index (χ0n) is 13.2. The van der Waals surface area contributed by atoms with Crippen molar-refractivity contribution in [3.05, 3.63) is 47.0 Å². The molecule has 1 saturated heterocycles. The second-order valence-electron chi connectivity index (χ2n) is 5.87. The van der Waals surface area contributed by atoms with Crippen molar-refractivity contribution < 1.29 is 18.3 Å². The quantitative estimate of drug-likeness (QED) is 0.875. The maximum atomic E-state index is 13.8. The van der Waals surface area contributed by atoms with Crippen LogP contribution in [0.25, 0.3) is 0 Å². The van der Waals surface area contributed by atoms with E-state index in [0.29, 0.717) is 12.4 Å². The van der Waals surface area contributed by atoms with Crippen molar-refractivity contribution >= 4 is 5.91 Å². The Morgan fingerprint density at radius 1 is 1.38 bits per heavy atom. The Morgan fingerprint density at radius 3 is 2.96 bits per heavy atom. The maximum absolute atomic E-state index is 13.8. The van der Waals surface area contributed by atoms with Crippen molar-refractivity contribution in [1.82, 2.24) is 20.5 Å². The van der Waals surface area contributed by atoms with E-state index in [4.69, 9.17) is 4.74 Å². The fourth-order valence-corrected chi connectivity index (χ4v) is 2.71. The minimum atomic E-state index is -0.577. The number of aryl methyl sites for hydroxylation is 1. The monoisotopic (exact) mass is 336 g/mol. The molecule has 2 heterocycles. The van der Waals surface area contributed by atoms with E-state index >= 15 is 0 Å². The lowest BCUT2D eigenvalue weighted by atomic mass is 10.1. The predicted octanol–water partition coefficient (Wildman–Crippen LogP) is 1.97. The molecule has 0 saturated carbocycles. The first-order valence-corrected chi connectivity index (χ1v) is 7.75. The van der Waals surface area contributed by atoms with Gasteiger partial charge in [-0.2, -0.15) is 5.10 Å². The van der Waals surface area contributed by atoms with Crippen molar-refractivity contribution in [2.45, 2.75) is 38.4 Å². The van der Waals surface area contributed by atoms with Gasteiger partial charge in [-0.15, -0.1) is 0 Å². The number of nitrogens with one attached hydrogen (secondary N) is 2. The summed E-state index contributed by atoms with van der Waals surface area (Å²) in [4.78, 5) is 16.0. The van der Waals surface area contributed by atoms with Gasteiger partial charge in [0.05, 0.1) is 12.5 Å². The second-order valence-corrected chi connectivity index (χ2v) is 5.87. The normalized spacial score (nSPS) is 20.3. The van der Waals surface area contributed by atoms with Gasteiger partial charge in [-0.3, -0.25) is 9.89 Å². The van der Waals surface area contributed by atoms with E-state index in [1.807, 2.05) is 0 Å². The number of ether oxygens (including phenoxy) is 1. The zero-order valence-corrected chi connectivity index (χ0v) is 13.2. The summed E-state index contributed by atoms with van der Waals surface area (Å²) < 4.78 is 33.0. The van der Waals surface area contributed by atoms with E-state index < -0.39 is 11.6 Å². The van der Waals surface area contributed by atoms with Crippen molar-refractivity contribution in [2.75, 3.05) is 6.54 Å². The van der Waals surface area contributed by atoms with Crippen LogP contribution in [0.1, 0.15) is 35.9 Å². The molecule has 1 fully saturated rings. The summed E-state index contributed by atoms with van der Waals surface area (Å²) in [5.41, 5.74) is 0.261. The molecule has 1 aromatic heterocycles. The van der Waals surface area contributed by atoms with Gasteiger partial charge < -0.3 is 10.1 Å². The lowest BCUT2D eigenvalue weighted by molar-refractivity contribution is -0.121. The minimum Gasteiger partial charge on any atom is -0.365 e. The van der Waals surface area contributed by atoms with Gasteiger partial charge in [0.1, 0.15) is 24.1 Å². The van der Waals surface area contributed by atoms with Crippen LogP contribution < -0.4 is 5.32 Å². The lowest BCUT2D eigenvalue weighted by Gasteiger charge is -2.13. The largest absolute Gasteiger partial charge is 0.365 e. The number of nitrogens with zero attached hydrogens (tertiary/aromatic N) is 2. The summed E-state index contributed by atoms with van der Waals surface area (Å²) in [5, 5.41) is 9.25. The van der Waals surface area contributed by atoms with Gasteiger partial charge in [-0.05, 0) is 37.5 Å². The molecule has 2 atom stereocenters. The molecule has 2 N–H and O–H groups in total. The molecule has 24 heavy (non-hydrogen) atoms. The molecule has 1 aliphatic rings. The Balaban J connectivity index is 1.49. The number of rotatable bonds is 5. The average molecular weight is 336 g/mol. The summed E-state index contributed by atoms with van der Waals surface area (Å²) >= 11 is 0. The number of amides is 1. The highest BCUT2D eigenvalue weighted by Crippen LogP contribution is 2.30. The van der Waals surface area contributed by atoms with Crippen LogP contribution in [-0.4, -0.2) is 33.7 Å². The first-order valence-electron chi connectivity index (χ1n) is 7.75. The van der Waals surface area contributed by atoms with Gasteiger partial charge in [0.2, 0.25) is 5.91 Å². The van der Waals surface area contributed by atoms with Gasteiger partial charge in [-0.1, -0.05) is 0 Å². The molecule has 0 spiro atoms. The Kier molecular flexibility index (Phi) is 4.84. The molecular weight excluding hydrogens is 318 g/mol. The van der Waals surface area contributed by atoms with Gasteiger partial charge in [-0.25, -0.2) is 13.8 Å². The molecule has 1 aromatic carbocycles. The number of carbonyl (C=O) groups excluding carboxylic acids is 1. The van der Waals surface area contributed by atoms with Crippen molar-refractivity contribution in [3.63, 3.8) is 0 Å². The smallest absolute Gasteiger partial charge is 0.224 e. The van der Waals surface area contributed by atoms with Gasteiger partial charge in [0.15, 0.2) is 5.82 Å². The Labute approximate surface area is 137 Å². The average Bonchev–Trinajstić information content (AvgIpc) is 3.21. The van der Waals surface area contributed by atoms with Crippen LogP contribution in [0.5, 0.6) is 0 Å². The third kappa shape index (κ3) is 3.76. The van der Waals surface area contributed by atoms with Crippen LogP contribution in [0, 0.1) is 18.6 Å². The highest BCUT2D eigenvalue weighted by Gasteiger charge is 2.28. The van der Waals surface area contributed by atoms with Crippen LogP contribution >= 0.6 is 0 Å². The third-order valence-electron chi connectivity index (χ3n) is 4.05. The first-order chi connectivity index (χ1) is 11.5. The van der Waals surface area contributed by atoms with E-state index in [1.54, 1.807) is 0 Å². The lowest BCUT2D eigenvalue weighted by Crippen LogP contribution is -2.33. The number of H-pyrrole nitrogens is 1. The Bertz CT molecular complexity index is 721. The van der Waals surface area contributed by atoms with E-state index in [9.17, 15) is 13.6 Å². The SMILES string of the molecule is Cc1cc(F)c(CC(=O)NC[C@H]2CC[C@@H](c3ncn[nH]3)O2)cc1F. The van der Waals surface area contributed by atoms with Crippen molar-refractivity contribution in [2.24, 2.45) is 0 Å². The molecule has 128 valence electrons. The number of halogens is 2. The number of aromatic amines is 1. The van der Waals surface area contributed by atoms with Gasteiger partial charge in [0, 0.05) is 12.1 Å². The molecule has 1 aliphatic heterocycles. The topological polar surface area (TPSA) is 79.9 Å². The zero-order chi connectivity index (χ0) is 17.1. The number of benzene rings is 1. The van der Waals surface area contributed by atoms with E-state index in [2.05, 4.69) is 20.5 Å². The molecule has 2 aromatic rings. The van der Waals surface area contributed by atoms with Crippen LogP contribution in [0.2, 0.25) is 0 Å². The molecule has 1 amide bonds. The molecular formula is C16H18F2N4O2. The minimum absolute atomic E-state index is 0.0440. The fourth-order valence-electron chi connectivity index (χ4n) is 2.71. The standard InChI is InChI=1S/C16H18F2N4O2/c1-9-4-13(18)10(5-12(9)17)6-15(23)19-7-11-2-3-14(24-11)16-20-8-21-22-16/h4-5,8,11,14H,2-3,6-7H2,1H3,(H,19,23)(H,20,21,22)/t11-,14+/m1/s1. The second kappa shape index (κ2) is 7.04. The van der Waals surface area contributed by atoms with Crippen LogP contribution in [0.15, 0.2) is 18.5 Å². The summed E-state index contributed by atoms with van der Waals surface area (Å²) in [6.45, 7) is 1.80. The van der Waals surface area contributed by atoms with Crippen LogP contribution in [-0.2, 0) is 16.0 Å². The number of hydrogen-bond acceptors (Lipinski definition) is 4. The van der Waals surface area contributed by atoms with Crippen molar-refractivity contribution in [3.8, 4) is 0 Å². The van der Waals surface area contributed by atoms with Crippen LogP contribution in [0.4, 0.5) is 8.78 Å². The van der Waals surface area contributed by atoms with Gasteiger partial charge >= 0.3 is 0 Å². The molecule has 3 rings (SSSR count). The summed E-state index contributed by atoms with van der Waals surface area (Å²) in [7, 11) is 0. The Hall–Kier alpha value is -2.35. The van der Waals surface area contributed by atoms with Crippen molar-refractivity contribution in [1.29, 1.82) is 0 Å².